The maximum absolute atomic E-state index is 13.8. The maximum Gasteiger partial charge on any atom is 0.338 e. The van der Waals surface area contributed by atoms with E-state index in [2.05, 4.69) is 4.99 Å². The number of thiazole rings is 1. The molecule has 1 unspecified atom stereocenters. The fraction of sp³-hybridized carbons (Fsp3) is 0.179. The van der Waals surface area contributed by atoms with E-state index < -0.39 is 12.0 Å². The molecular weight excluding hydrogens is 479 g/mol. The third-order valence-electron chi connectivity index (χ3n) is 6.12. The number of benzene rings is 3. The minimum absolute atomic E-state index is 0.195. The van der Waals surface area contributed by atoms with Gasteiger partial charge in [-0.2, -0.15) is 0 Å². The maximum atomic E-state index is 13.8. The van der Waals surface area contributed by atoms with Crippen molar-refractivity contribution in [1.82, 2.24) is 4.57 Å². The average molecular weight is 503 g/mol. The number of methoxy groups -OCH3 is 1. The van der Waals surface area contributed by atoms with E-state index in [1.807, 2.05) is 36.4 Å². The Bertz CT molecular complexity index is 1700. The lowest BCUT2D eigenvalue weighted by atomic mass is 9.91. The summed E-state index contributed by atoms with van der Waals surface area (Å²) in [5.41, 5.74) is 1.97. The van der Waals surface area contributed by atoms with Crippen molar-refractivity contribution in [2.45, 2.75) is 19.9 Å². The number of ether oxygens (including phenoxy) is 2. The molecule has 5 rings (SSSR count). The van der Waals surface area contributed by atoms with Crippen LogP contribution in [0.3, 0.4) is 0 Å². The highest BCUT2D eigenvalue weighted by Gasteiger charge is 2.34. The molecule has 0 N–H and O–H groups in total. The molecule has 182 valence electrons. The lowest BCUT2D eigenvalue weighted by molar-refractivity contribution is -0.139. The summed E-state index contributed by atoms with van der Waals surface area (Å²) in [4.78, 5) is 32.0. The number of halogens is 1. The van der Waals surface area contributed by atoms with Crippen LogP contribution in [0.15, 0.2) is 81.7 Å². The monoisotopic (exact) mass is 502 g/mol. The van der Waals surface area contributed by atoms with E-state index in [0.717, 1.165) is 16.3 Å². The summed E-state index contributed by atoms with van der Waals surface area (Å²) >= 11 is 1.23. The van der Waals surface area contributed by atoms with E-state index in [4.69, 9.17) is 9.47 Å². The number of hydrogen-bond donors (Lipinski definition) is 0. The number of nitrogens with zero attached hydrogens (tertiary/aromatic N) is 2. The molecule has 0 amide bonds. The molecule has 8 heteroatoms. The molecule has 0 bridgehead atoms. The number of carbonyl (C=O) groups excluding carboxylic acids is 1. The van der Waals surface area contributed by atoms with Gasteiger partial charge in [0, 0.05) is 5.39 Å². The third-order valence-corrected chi connectivity index (χ3v) is 7.10. The van der Waals surface area contributed by atoms with E-state index >= 15 is 0 Å². The Hall–Kier alpha value is -4.04. The number of rotatable bonds is 5. The van der Waals surface area contributed by atoms with Gasteiger partial charge in [-0.3, -0.25) is 9.36 Å². The van der Waals surface area contributed by atoms with Gasteiger partial charge < -0.3 is 9.47 Å². The molecule has 1 aliphatic rings. The first-order chi connectivity index (χ1) is 17.4. The van der Waals surface area contributed by atoms with Crippen molar-refractivity contribution in [3.05, 3.63) is 109 Å². The molecule has 0 radical (unpaired) electrons. The molecular formula is C28H23FN2O4S. The predicted octanol–water partition coefficient (Wildman–Crippen LogP) is 4.10. The summed E-state index contributed by atoms with van der Waals surface area (Å²) in [5, 5.41) is 1.72. The van der Waals surface area contributed by atoms with Gasteiger partial charge in [0.05, 0.1) is 35.6 Å². The summed E-state index contributed by atoms with van der Waals surface area (Å²) in [6, 6.07) is 16.6. The quantitative estimate of drug-likeness (QED) is 0.386. The largest absolute Gasteiger partial charge is 0.496 e. The van der Waals surface area contributed by atoms with Crippen LogP contribution in [0.5, 0.6) is 5.75 Å². The lowest BCUT2D eigenvalue weighted by Crippen LogP contribution is -2.40. The van der Waals surface area contributed by atoms with Crippen LogP contribution < -0.4 is 19.6 Å². The van der Waals surface area contributed by atoms with Crippen LogP contribution >= 0.6 is 11.3 Å². The standard InChI is InChI=1S/C28H23FN2O4S/c1-4-35-27(33)24-16(2)30-28-31(26(32)23(36-28)15-17-9-11-18(29)12-10-17)25(24)21-13-14-22(34-3)20-8-6-5-7-19(20)21/h5-15,25H,4H2,1-3H3/b23-15-. The normalized spacial score (nSPS) is 15.6. The molecule has 36 heavy (non-hydrogen) atoms. The average Bonchev–Trinajstić information content (AvgIpc) is 3.18. The molecule has 1 aromatic heterocycles. The lowest BCUT2D eigenvalue weighted by Gasteiger charge is -2.26. The van der Waals surface area contributed by atoms with E-state index in [-0.39, 0.29) is 18.0 Å². The first kappa shape index (κ1) is 23.7. The zero-order chi connectivity index (χ0) is 25.4. The molecule has 1 atom stereocenters. The molecule has 0 fully saturated rings. The van der Waals surface area contributed by atoms with Gasteiger partial charge in [0.2, 0.25) is 0 Å². The third kappa shape index (κ3) is 4.03. The Morgan fingerprint density at radius 1 is 1.11 bits per heavy atom. The van der Waals surface area contributed by atoms with Crippen molar-refractivity contribution < 1.29 is 18.7 Å². The van der Waals surface area contributed by atoms with Crippen molar-refractivity contribution in [1.29, 1.82) is 0 Å². The van der Waals surface area contributed by atoms with E-state index in [9.17, 15) is 14.0 Å². The van der Waals surface area contributed by atoms with Crippen molar-refractivity contribution in [2.75, 3.05) is 13.7 Å². The van der Waals surface area contributed by atoms with Crippen molar-refractivity contribution in [2.24, 2.45) is 4.99 Å². The Morgan fingerprint density at radius 3 is 2.53 bits per heavy atom. The van der Waals surface area contributed by atoms with Gasteiger partial charge in [-0.25, -0.2) is 14.2 Å². The van der Waals surface area contributed by atoms with Crippen LogP contribution in [0.2, 0.25) is 0 Å². The molecule has 1 aliphatic heterocycles. The van der Waals surface area contributed by atoms with Crippen LogP contribution in [0.4, 0.5) is 4.39 Å². The van der Waals surface area contributed by atoms with Crippen LogP contribution in [0.25, 0.3) is 16.8 Å². The Balaban J connectivity index is 1.81. The highest BCUT2D eigenvalue weighted by Crippen LogP contribution is 2.37. The summed E-state index contributed by atoms with van der Waals surface area (Å²) in [6.07, 6.45) is 1.70. The Labute approximate surface area is 210 Å². The summed E-state index contributed by atoms with van der Waals surface area (Å²) in [6.45, 7) is 3.69. The molecule has 0 saturated carbocycles. The van der Waals surface area contributed by atoms with Gasteiger partial charge in [0.25, 0.3) is 5.56 Å². The molecule has 0 spiro atoms. The number of esters is 1. The van der Waals surface area contributed by atoms with Gasteiger partial charge in [-0.05, 0) is 54.6 Å². The first-order valence-electron chi connectivity index (χ1n) is 11.4. The number of hydrogen-bond acceptors (Lipinski definition) is 6. The molecule has 2 heterocycles. The highest BCUT2D eigenvalue weighted by atomic mass is 32.1. The Kier molecular flexibility index (Phi) is 6.28. The highest BCUT2D eigenvalue weighted by molar-refractivity contribution is 7.07. The molecule has 3 aromatic carbocycles. The second-order valence-electron chi connectivity index (χ2n) is 8.26. The molecule has 0 saturated heterocycles. The molecule has 6 nitrogen and oxygen atoms in total. The van der Waals surface area contributed by atoms with Crippen molar-refractivity contribution in [3.63, 3.8) is 0 Å². The van der Waals surface area contributed by atoms with Gasteiger partial charge in [-0.15, -0.1) is 0 Å². The van der Waals surface area contributed by atoms with Crippen molar-refractivity contribution >= 4 is 34.2 Å². The fourth-order valence-corrected chi connectivity index (χ4v) is 5.55. The number of fused-ring (bicyclic) bond motifs is 2. The van der Waals surface area contributed by atoms with E-state index in [1.165, 1.54) is 23.5 Å². The number of allylic oxidation sites excluding steroid dienone is 1. The molecule has 0 aliphatic carbocycles. The second kappa shape index (κ2) is 9.54. The first-order valence-corrected chi connectivity index (χ1v) is 12.3. The number of carbonyl (C=O) groups is 1. The number of aromatic nitrogens is 1. The zero-order valence-electron chi connectivity index (χ0n) is 19.9. The van der Waals surface area contributed by atoms with Gasteiger partial charge in [0.1, 0.15) is 11.6 Å². The van der Waals surface area contributed by atoms with Crippen molar-refractivity contribution in [3.8, 4) is 5.75 Å². The minimum Gasteiger partial charge on any atom is -0.496 e. The fourth-order valence-electron chi connectivity index (χ4n) is 4.51. The zero-order valence-corrected chi connectivity index (χ0v) is 20.8. The van der Waals surface area contributed by atoms with Crippen LogP contribution in [0.1, 0.15) is 31.0 Å². The van der Waals surface area contributed by atoms with Gasteiger partial charge >= 0.3 is 5.97 Å². The summed E-state index contributed by atoms with van der Waals surface area (Å²) < 4.78 is 26.3. The van der Waals surface area contributed by atoms with Gasteiger partial charge in [0.15, 0.2) is 4.80 Å². The summed E-state index contributed by atoms with van der Waals surface area (Å²) in [7, 11) is 1.61. The second-order valence-corrected chi connectivity index (χ2v) is 9.27. The van der Waals surface area contributed by atoms with Crippen LogP contribution in [0, 0.1) is 5.82 Å². The smallest absolute Gasteiger partial charge is 0.338 e. The SMILES string of the molecule is CCOC(=O)C1=C(C)N=c2s/c(=C\c3ccc(F)cc3)c(=O)n2C1c1ccc(OC)c2ccccc12. The predicted molar refractivity (Wildman–Crippen MR) is 137 cm³/mol. The van der Waals surface area contributed by atoms with Crippen LogP contribution in [-0.2, 0) is 9.53 Å². The minimum atomic E-state index is -0.744. The Morgan fingerprint density at radius 2 is 1.83 bits per heavy atom. The topological polar surface area (TPSA) is 69.9 Å². The van der Waals surface area contributed by atoms with E-state index in [1.54, 1.807) is 43.7 Å². The van der Waals surface area contributed by atoms with Gasteiger partial charge in [-0.1, -0.05) is 53.8 Å². The summed E-state index contributed by atoms with van der Waals surface area (Å²) in [5.74, 6) is -0.178. The van der Waals surface area contributed by atoms with E-state index in [0.29, 0.717) is 31.9 Å². The van der Waals surface area contributed by atoms with Crippen LogP contribution in [-0.4, -0.2) is 24.3 Å². The molecule has 4 aromatic rings.